The molecule has 2 heterocycles. The van der Waals surface area contributed by atoms with E-state index in [0.29, 0.717) is 32.5 Å². The van der Waals surface area contributed by atoms with Crippen molar-refractivity contribution in [3.63, 3.8) is 0 Å². The van der Waals surface area contributed by atoms with Gasteiger partial charge in [-0.15, -0.1) is 0 Å². The molecule has 2 atom stereocenters. The Balaban J connectivity index is 1.87. The summed E-state index contributed by atoms with van der Waals surface area (Å²) >= 11 is 0. The van der Waals surface area contributed by atoms with Gasteiger partial charge in [0.05, 0.1) is 24.3 Å². The van der Waals surface area contributed by atoms with Crippen molar-refractivity contribution in [1.29, 1.82) is 0 Å². The second kappa shape index (κ2) is 4.82. The maximum atomic E-state index is 12.1. The lowest BCUT2D eigenvalue weighted by Crippen LogP contribution is -2.42. The van der Waals surface area contributed by atoms with Gasteiger partial charge in [-0.3, -0.25) is 4.79 Å². The second-order valence-electron chi connectivity index (χ2n) is 4.57. The van der Waals surface area contributed by atoms with Crippen LogP contribution in [0.5, 0.6) is 0 Å². The minimum Gasteiger partial charge on any atom is -0.411 e. The van der Waals surface area contributed by atoms with Gasteiger partial charge in [0.2, 0.25) is 5.91 Å². The number of amides is 1. The molecule has 90 valence electrons. The van der Waals surface area contributed by atoms with Gasteiger partial charge in [0.15, 0.2) is 0 Å². The number of likely N-dealkylation sites (tertiary alicyclic amines) is 1. The molecule has 5 nitrogen and oxygen atoms in total. The molecule has 2 unspecified atom stereocenters. The maximum absolute atomic E-state index is 12.1. The van der Waals surface area contributed by atoms with Crippen LogP contribution in [0.4, 0.5) is 0 Å². The molecule has 0 bridgehead atoms. The van der Waals surface area contributed by atoms with Gasteiger partial charge >= 0.3 is 0 Å². The fourth-order valence-corrected chi connectivity index (χ4v) is 2.33. The molecule has 0 aliphatic carbocycles. The van der Waals surface area contributed by atoms with E-state index in [2.05, 4.69) is 5.16 Å². The third-order valence-electron chi connectivity index (χ3n) is 3.34. The molecule has 0 spiro atoms. The number of carbonyl (C=O) groups excluding carboxylic acids is 1. The van der Waals surface area contributed by atoms with Crippen LogP contribution in [0.15, 0.2) is 5.16 Å². The van der Waals surface area contributed by atoms with E-state index < -0.39 is 0 Å². The van der Waals surface area contributed by atoms with E-state index in [0.717, 1.165) is 12.1 Å². The van der Waals surface area contributed by atoms with Crippen molar-refractivity contribution in [2.45, 2.75) is 32.3 Å². The van der Waals surface area contributed by atoms with Gasteiger partial charge < -0.3 is 14.8 Å². The number of nitrogens with zero attached hydrogens (tertiary/aromatic N) is 2. The summed E-state index contributed by atoms with van der Waals surface area (Å²) in [5, 5.41) is 11.8. The van der Waals surface area contributed by atoms with Crippen LogP contribution >= 0.6 is 0 Å². The van der Waals surface area contributed by atoms with E-state index in [4.69, 9.17) is 9.94 Å². The van der Waals surface area contributed by atoms with E-state index in [-0.39, 0.29) is 17.9 Å². The van der Waals surface area contributed by atoms with E-state index in [1.165, 1.54) is 0 Å². The molecular formula is C11H18N2O3. The van der Waals surface area contributed by atoms with Crippen LogP contribution in [0.2, 0.25) is 0 Å². The molecule has 0 radical (unpaired) electrons. The van der Waals surface area contributed by atoms with Gasteiger partial charge in [-0.25, -0.2) is 0 Å². The molecule has 5 heteroatoms. The van der Waals surface area contributed by atoms with Crippen LogP contribution < -0.4 is 0 Å². The Morgan fingerprint density at radius 1 is 1.50 bits per heavy atom. The molecule has 0 aromatic heterocycles. The molecule has 2 saturated heterocycles. The van der Waals surface area contributed by atoms with Crippen LogP contribution in [0.25, 0.3) is 0 Å². The number of hydrogen-bond donors (Lipinski definition) is 1. The Morgan fingerprint density at radius 2 is 2.19 bits per heavy atom. The molecule has 2 aliphatic rings. The van der Waals surface area contributed by atoms with Crippen LogP contribution in [-0.4, -0.2) is 47.5 Å². The lowest BCUT2D eigenvalue weighted by atomic mass is 10.0. The van der Waals surface area contributed by atoms with Crippen LogP contribution in [0.1, 0.15) is 26.2 Å². The summed E-state index contributed by atoms with van der Waals surface area (Å²) in [6, 6.07) is 0. The molecule has 0 aromatic carbocycles. The zero-order chi connectivity index (χ0) is 11.5. The molecule has 1 amide bonds. The lowest BCUT2D eigenvalue weighted by Gasteiger charge is -2.29. The molecule has 0 saturated carbocycles. The Morgan fingerprint density at radius 3 is 2.69 bits per heavy atom. The number of rotatable bonds is 1. The van der Waals surface area contributed by atoms with Crippen molar-refractivity contribution in [2.24, 2.45) is 11.1 Å². The highest BCUT2D eigenvalue weighted by Gasteiger charge is 2.32. The number of oxime groups is 1. The zero-order valence-electron chi connectivity index (χ0n) is 9.56. The van der Waals surface area contributed by atoms with E-state index in [1.807, 2.05) is 11.8 Å². The first-order valence-electron chi connectivity index (χ1n) is 5.81. The fraction of sp³-hybridized carbons (Fsp3) is 0.818. The Bertz CT molecular complexity index is 294. The predicted molar refractivity (Wildman–Crippen MR) is 58.6 cm³/mol. The Labute approximate surface area is 95.1 Å². The third kappa shape index (κ3) is 2.35. The summed E-state index contributed by atoms with van der Waals surface area (Å²) in [5.41, 5.74) is 0.792. The van der Waals surface area contributed by atoms with Gasteiger partial charge in [-0.05, 0) is 13.3 Å². The summed E-state index contributed by atoms with van der Waals surface area (Å²) in [4.78, 5) is 13.9. The van der Waals surface area contributed by atoms with E-state index >= 15 is 0 Å². The largest absolute Gasteiger partial charge is 0.411 e. The van der Waals surface area contributed by atoms with Crippen molar-refractivity contribution in [3.8, 4) is 0 Å². The summed E-state index contributed by atoms with van der Waals surface area (Å²) < 4.78 is 5.41. The highest BCUT2D eigenvalue weighted by molar-refractivity contribution is 5.87. The highest BCUT2D eigenvalue weighted by atomic mass is 16.5. The van der Waals surface area contributed by atoms with Crippen LogP contribution in [0, 0.1) is 5.92 Å². The first-order valence-corrected chi connectivity index (χ1v) is 5.81. The smallest absolute Gasteiger partial charge is 0.228 e. The SMILES string of the molecule is CC1CC(C(=O)N2CCC(=NO)CC2)CO1. The molecule has 1 N–H and O–H groups in total. The number of hydrogen-bond acceptors (Lipinski definition) is 4. The standard InChI is InChI=1S/C11H18N2O3/c1-8-6-9(7-16-8)11(14)13-4-2-10(12-15)3-5-13/h8-9,15H,2-7H2,1H3. The van der Waals surface area contributed by atoms with Gasteiger partial charge in [-0.2, -0.15) is 0 Å². The molecule has 2 aliphatic heterocycles. The minimum absolute atomic E-state index is 0.0302. The molecule has 0 aromatic rings. The molecule has 2 rings (SSSR count). The van der Waals surface area contributed by atoms with Crippen LogP contribution in [0.3, 0.4) is 0 Å². The summed E-state index contributed by atoms with van der Waals surface area (Å²) in [7, 11) is 0. The first-order chi connectivity index (χ1) is 7.70. The van der Waals surface area contributed by atoms with Gasteiger partial charge in [0.25, 0.3) is 0 Å². The van der Waals surface area contributed by atoms with Crippen LogP contribution in [-0.2, 0) is 9.53 Å². The normalized spacial score (nSPS) is 30.6. The van der Waals surface area contributed by atoms with E-state index in [1.54, 1.807) is 0 Å². The second-order valence-corrected chi connectivity index (χ2v) is 4.57. The molecular weight excluding hydrogens is 208 g/mol. The van der Waals surface area contributed by atoms with Crippen molar-refractivity contribution < 1.29 is 14.7 Å². The number of ether oxygens (including phenoxy) is 1. The number of carbonyl (C=O) groups is 1. The monoisotopic (exact) mass is 226 g/mol. The molecule has 2 fully saturated rings. The van der Waals surface area contributed by atoms with E-state index in [9.17, 15) is 4.79 Å². The van der Waals surface area contributed by atoms with Crippen molar-refractivity contribution in [3.05, 3.63) is 0 Å². The van der Waals surface area contributed by atoms with Gasteiger partial charge in [-0.1, -0.05) is 5.16 Å². The minimum atomic E-state index is 0.0302. The summed E-state index contributed by atoms with van der Waals surface area (Å²) in [5.74, 6) is 0.226. The topological polar surface area (TPSA) is 62.1 Å². The third-order valence-corrected chi connectivity index (χ3v) is 3.34. The quantitative estimate of drug-likeness (QED) is 0.533. The average molecular weight is 226 g/mol. The summed E-state index contributed by atoms with van der Waals surface area (Å²) in [6.07, 6.45) is 2.40. The van der Waals surface area contributed by atoms with Gasteiger partial charge in [0, 0.05) is 25.9 Å². The highest BCUT2D eigenvalue weighted by Crippen LogP contribution is 2.22. The zero-order valence-corrected chi connectivity index (χ0v) is 9.56. The summed E-state index contributed by atoms with van der Waals surface area (Å²) in [6.45, 7) is 3.89. The first kappa shape index (κ1) is 11.4. The van der Waals surface area contributed by atoms with Crippen molar-refractivity contribution >= 4 is 11.6 Å². The van der Waals surface area contributed by atoms with Crippen molar-refractivity contribution in [1.82, 2.24) is 4.90 Å². The average Bonchev–Trinajstić information content (AvgIpc) is 2.75. The molecule has 16 heavy (non-hydrogen) atoms. The van der Waals surface area contributed by atoms with Crippen molar-refractivity contribution in [2.75, 3.05) is 19.7 Å². The maximum Gasteiger partial charge on any atom is 0.228 e. The fourth-order valence-electron chi connectivity index (χ4n) is 2.33. The Hall–Kier alpha value is -1.10. The van der Waals surface area contributed by atoms with Gasteiger partial charge in [0.1, 0.15) is 0 Å². The predicted octanol–water partition coefficient (Wildman–Crippen LogP) is 0.864. The number of piperidine rings is 1. The Kier molecular flexibility index (Phi) is 3.43. The lowest BCUT2D eigenvalue weighted by molar-refractivity contribution is -0.135.